The number of hydrogen-bond donors (Lipinski definition) is 1. The van der Waals surface area contributed by atoms with Gasteiger partial charge < -0.3 is 14.3 Å². The number of aromatic nitrogens is 1. The predicted octanol–water partition coefficient (Wildman–Crippen LogP) is 1.20. The Morgan fingerprint density at radius 3 is 3.20 bits per heavy atom. The number of ether oxygens (including phenoxy) is 1. The molecule has 0 bridgehead atoms. The summed E-state index contributed by atoms with van der Waals surface area (Å²) < 4.78 is 10.7. The van der Waals surface area contributed by atoms with Gasteiger partial charge >= 0.3 is 5.97 Å². The Kier molecular flexibility index (Phi) is 3.01. The molecule has 0 aliphatic carbocycles. The number of aryl methyl sites for hydroxylation is 1. The van der Waals surface area contributed by atoms with Crippen LogP contribution in [0.5, 0.6) is 0 Å². The van der Waals surface area contributed by atoms with Crippen molar-refractivity contribution < 1.29 is 19.1 Å². The van der Waals surface area contributed by atoms with Crippen LogP contribution in [0.3, 0.4) is 0 Å². The Morgan fingerprint density at radius 1 is 1.67 bits per heavy atom. The Bertz CT molecular complexity index is 341. The summed E-state index contributed by atoms with van der Waals surface area (Å²) in [5.74, 6) is 0.766. The molecule has 0 amide bonds. The van der Waals surface area contributed by atoms with Crippen molar-refractivity contribution in [2.24, 2.45) is 0 Å². The fourth-order valence-electron chi connectivity index (χ4n) is 1.60. The van der Waals surface area contributed by atoms with Crippen LogP contribution in [0.1, 0.15) is 30.4 Å². The highest BCUT2D eigenvalue weighted by Gasteiger charge is 2.21. The van der Waals surface area contributed by atoms with Crippen LogP contribution in [-0.2, 0) is 16.0 Å². The molecule has 0 spiro atoms. The maximum atomic E-state index is 10.3. The van der Waals surface area contributed by atoms with Gasteiger partial charge in [-0.25, -0.2) is 4.98 Å². The van der Waals surface area contributed by atoms with Crippen molar-refractivity contribution in [1.82, 2.24) is 4.98 Å². The zero-order chi connectivity index (χ0) is 10.7. The quantitative estimate of drug-likeness (QED) is 0.810. The minimum atomic E-state index is -0.834. The molecule has 1 unspecified atom stereocenters. The first-order chi connectivity index (χ1) is 7.25. The molecular weight excluding hydrogens is 198 g/mol. The van der Waals surface area contributed by atoms with Gasteiger partial charge in [0.05, 0.1) is 19.2 Å². The summed E-state index contributed by atoms with van der Waals surface area (Å²) in [7, 11) is 0. The monoisotopic (exact) mass is 211 g/mol. The van der Waals surface area contributed by atoms with Crippen molar-refractivity contribution in [1.29, 1.82) is 0 Å². The summed E-state index contributed by atoms with van der Waals surface area (Å²) >= 11 is 0. The molecule has 2 rings (SSSR count). The van der Waals surface area contributed by atoms with Gasteiger partial charge in [-0.05, 0) is 6.42 Å². The molecule has 1 atom stereocenters. The van der Waals surface area contributed by atoms with Crippen LogP contribution in [0.25, 0.3) is 0 Å². The lowest BCUT2D eigenvalue weighted by Crippen LogP contribution is -1.97. The summed E-state index contributed by atoms with van der Waals surface area (Å²) in [6.45, 7) is 1.43. The smallest absolute Gasteiger partial charge is 0.303 e. The third-order valence-corrected chi connectivity index (χ3v) is 2.46. The molecular formula is C10H13NO4. The average Bonchev–Trinajstić information content (AvgIpc) is 2.85. The van der Waals surface area contributed by atoms with Gasteiger partial charge in [0.2, 0.25) is 0 Å². The fourth-order valence-corrected chi connectivity index (χ4v) is 1.60. The van der Waals surface area contributed by atoms with Gasteiger partial charge in [0, 0.05) is 18.9 Å². The van der Waals surface area contributed by atoms with Crippen LogP contribution < -0.4 is 0 Å². The molecule has 1 aliphatic rings. The normalized spacial score (nSPS) is 20.7. The van der Waals surface area contributed by atoms with E-state index in [4.69, 9.17) is 14.3 Å². The lowest BCUT2D eigenvalue weighted by Gasteiger charge is -2.00. The number of rotatable bonds is 4. The number of nitrogens with zero attached hydrogens (tertiary/aromatic N) is 1. The van der Waals surface area contributed by atoms with Gasteiger partial charge in [0.15, 0.2) is 5.89 Å². The standard InChI is InChI=1S/C10H13NO4/c12-10(13)2-1-9-11-5-8(15-9)7-3-4-14-6-7/h5,7H,1-4,6H2,(H,12,13). The largest absolute Gasteiger partial charge is 0.481 e. The molecule has 1 N–H and O–H groups in total. The summed E-state index contributed by atoms with van der Waals surface area (Å²) in [4.78, 5) is 14.4. The zero-order valence-corrected chi connectivity index (χ0v) is 8.31. The first-order valence-corrected chi connectivity index (χ1v) is 5.00. The van der Waals surface area contributed by atoms with E-state index in [1.807, 2.05) is 0 Å². The SMILES string of the molecule is O=C(O)CCc1ncc(C2CCOC2)o1. The molecule has 1 saturated heterocycles. The van der Waals surface area contributed by atoms with Gasteiger partial charge in [-0.2, -0.15) is 0 Å². The van der Waals surface area contributed by atoms with Crippen LogP contribution in [0.15, 0.2) is 10.6 Å². The molecule has 0 saturated carbocycles. The Balaban J connectivity index is 1.94. The molecule has 15 heavy (non-hydrogen) atoms. The van der Waals surface area contributed by atoms with Crippen LogP contribution in [0.2, 0.25) is 0 Å². The number of carbonyl (C=O) groups is 1. The number of carboxylic acids is 1. The Labute approximate surface area is 87.1 Å². The van der Waals surface area contributed by atoms with E-state index in [0.717, 1.165) is 18.8 Å². The Morgan fingerprint density at radius 2 is 2.53 bits per heavy atom. The van der Waals surface area contributed by atoms with E-state index in [1.54, 1.807) is 6.20 Å². The summed E-state index contributed by atoms with van der Waals surface area (Å²) in [6.07, 6.45) is 3.04. The molecule has 0 radical (unpaired) electrons. The number of oxazole rings is 1. The van der Waals surface area contributed by atoms with Gasteiger partial charge in [0.25, 0.3) is 0 Å². The van der Waals surface area contributed by atoms with Gasteiger partial charge in [0.1, 0.15) is 5.76 Å². The summed E-state index contributed by atoms with van der Waals surface area (Å²) in [6, 6.07) is 0. The third-order valence-electron chi connectivity index (χ3n) is 2.46. The van der Waals surface area contributed by atoms with Crippen LogP contribution in [0, 0.1) is 0 Å². The minimum Gasteiger partial charge on any atom is -0.481 e. The van der Waals surface area contributed by atoms with Crippen LogP contribution >= 0.6 is 0 Å². The van der Waals surface area contributed by atoms with E-state index in [1.165, 1.54) is 0 Å². The van der Waals surface area contributed by atoms with E-state index in [2.05, 4.69) is 4.98 Å². The molecule has 1 aromatic heterocycles. The number of aliphatic carboxylic acids is 1. The summed E-state index contributed by atoms with van der Waals surface area (Å²) in [5.41, 5.74) is 0. The van der Waals surface area contributed by atoms with E-state index in [0.29, 0.717) is 18.9 Å². The fraction of sp³-hybridized carbons (Fsp3) is 0.600. The second kappa shape index (κ2) is 4.44. The predicted molar refractivity (Wildman–Crippen MR) is 50.6 cm³/mol. The lowest BCUT2D eigenvalue weighted by atomic mass is 10.1. The highest BCUT2D eigenvalue weighted by molar-refractivity contribution is 5.66. The molecule has 1 fully saturated rings. The van der Waals surface area contributed by atoms with Gasteiger partial charge in [-0.1, -0.05) is 0 Å². The number of hydrogen-bond acceptors (Lipinski definition) is 4. The second-order valence-corrected chi connectivity index (χ2v) is 3.61. The van der Waals surface area contributed by atoms with Crippen molar-refractivity contribution >= 4 is 5.97 Å². The molecule has 1 aliphatic heterocycles. The first kappa shape index (κ1) is 10.2. The van der Waals surface area contributed by atoms with Crippen molar-refractivity contribution in [3.63, 3.8) is 0 Å². The maximum Gasteiger partial charge on any atom is 0.303 e. The van der Waals surface area contributed by atoms with Gasteiger partial charge in [-0.15, -0.1) is 0 Å². The molecule has 0 aromatic carbocycles. The average molecular weight is 211 g/mol. The maximum absolute atomic E-state index is 10.3. The first-order valence-electron chi connectivity index (χ1n) is 5.00. The van der Waals surface area contributed by atoms with Crippen molar-refractivity contribution in [3.05, 3.63) is 17.8 Å². The molecule has 5 heteroatoms. The molecule has 82 valence electrons. The highest BCUT2D eigenvalue weighted by Crippen LogP contribution is 2.25. The van der Waals surface area contributed by atoms with Crippen molar-refractivity contribution in [2.75, 3.05) is 13.2 Å². The van der Waals surface area contributed by atoms with Crippen molar-refractivity contribution in [2.45, 2.75) is 25.2 Å². The van der Waals surface area contributed by atoms with Crippen LogP contribution in [0.4, 0.5) is 0 Å². The van der Waals surface area contributed by atoms with E-state index >= 15 is 0 Å². The zero-order valence-electron chi connectivity index (χ0n) is 8.31. The molecule has 1 aromatic rings. The van der Waals surface area contributed by atoms with E-state index in [9.17, 15) is 4.79 Å². The lowest BCUT2D eigenvalue weighted by molar-refractivity contribution is -0.137. The minimum absolute atomic E-state index is 0.0567. The van der Waals surface area contributed by atoms with Crippen molar-refractivity contribution in [3.8, 4) is 0 Å². The third kappa shape index (κ3) is 2.56. The van der Waals surface area contributed by atoms with E-state index < -0.39 is 5.97 Å². The highest BCUT2D eigenvalue weighted by atomic mass is 16.5. The molecule has 5 nitrogen and oxygen atoms in total. The Hall–Kier alpha value is -1.36. The topological polar surface area (TPSA) is 72.6 Å². The number of carboxylic acid groups (broad SMARTS) is 1. The van der Waals surface area contributed by atoms with Gasteiger partial charge in [-0.3, -0.25) is 4.79 Å². The van der Waals surface area contributed by atoms with E-state index in [-0.39, 0.29) is 12.3 Å². The van der Waals surface area contributed by atoms with Crippen LogP contribution in [-0.4, -0.2) is 29.3 Å². The molecule has 2 heterocycles. The summed E-state index contributed by atoms with van der Waals surface area (Å²) in [5, 5.41) is 8.50. The second-order valence-electron chi connectivity index (χ2n) is 3.61.